The van der Waals surface area contributed by atoms with Crippen LogP contribution in [0.15, 0.2) is 29.2 Å². The zero-order chi connectivity index (χ0) is 13.1. The highest BCUT2D eigenvalue weighted by Crippen LogP contribution is 2.31. The number of piperidine rings is 1. The van der Waals surface area contributed by atoms with Gasteiger partial charge in [-0.05, 0) is 37.3 Å². The highest BCUT2D eigenvalue weighted by molar-refractivity contribution is 7.98. The molecule has 18 heavy (non-hydrogen) atoms. The Balaban J connectivity index is 2.29. The maximum absolute atomic E-state index is 11.9. The lowest BCUT2D eigenvalue weighted by Gasteiger charge is -2.39. The van der Waals surface area contributed by atoms with Crippen LogP contribution in [0, 0.1) is 0 Å². The fraction of sp³-hybridized carbons (Fsp3) is 0.500. The van der Waals surface area contributed by atoms with Crippen LogP contribution in [-0.4, -0.2) is 29.6 Å². The van der Waals surface area contributed by atoms with Gasteiger partial charge in [0, 0.05) is 23.9 Å². The van der Waals surface area contributed by atoms with Crippen LogP contribution in [0.25, 0.3) is 0 Å². The van der Waals surface area contributed by atoms with E-state index in [9.17, 15) is 4.79 Å². The molecule has 0 radical (unpaired) electrons. The minimum Gasteiger partial charge on any atom is -0.334 e. The van der Waals surface area contributed by atoms with Gasteiger partial charge in [0.05, 0.1) is 6.04 Å². The molecule has 98 valence electrons. The summed E-state index contributed by atoms with van der Waals surface area (Å²) in [5, 5.41) is 0. The molecule has 0 aromatic heterocycles. The average Bonchev–Trinajstić information content (AvgIpc) is 2.41. The summed E-state index contributed by atoms with van der Waals surface area (Å²) in [5.41, 5.74) is 7.36. The van der Waals surface area contributed by atoms with Crippen molar-refractivity contribution in [2.24, 2.45) is 5.73 Å². The van der Waals surface area contributed by atoms with E-state index in [0.717, 1.165) is 18.5 Å². The predicted octanol–water partition coefficient (Wildman–Crippen LogP) is 2.42. The second kappa shape index (κ2) is 5.76. The number of nitrogens with zero attached hydrogens (tertiary/aromatic N) is 1. The number of amides is 1. The summed E-state index contributed by atoms with van der Waals surface area (Å²) in [5.74, 6) is 0.221. The van der Waals surface area contributed by atoms with Crippen molar-refractivity contribution in [2.75, 3.05) is 12.8 Å². The predicted molar refractivity (Wildman–Crippen MR) is 75.6 cm³/mol. The normalized spacial score (nSPS) is 24.4. The van der Waals surface area contributed by atoms with Crippen LogP contribution in [0.4, 0.5) is 0 Å². The molecule has 2 N–H and O–H groups in total. The van der Waals surface area contributed by atoms with E-state index in [1.54, 1.807) is 11.8 Å². The van der Waals surface area contributed by atoms with Crippen LogP contribution in [-0.2, 0) is 4.79 Å². The summed E-state index contributed by atoms with van der Waals surface area (Å²) in [4.78, 5) is 15.1. The Morgan fingerprint density at radius 2 is 2.06 bits per heavy atom. The molecule has 0 aliphatic carbocycles. The minimum atomic E-state index is 0.0344. The number of likely N-dealkylation sites (N-methyl/N-ethyl adjacent to an activating group) is 1. The summed E-state index contributed by atoms with van der Waals surface area (Å²) in [6.45, 7) is 2.74. The van der Waals surface area contributed by atoms with Crippen LogP contribution >= 0.6 is 11.8 Å². The number of carbonyl (C=O) groups excluding carboxylic acids is 1. The van der Waals surface area contributed by atoms with E-state index in [4.69, 9.17) is 5.73 Å². The Morgan fingerprint density at radius 1 is 1.39 bits per heavy atom. The third-order valence-electron chi connectivity index (χ3n) is 3.55. The van der Waals surface area contributed by atoms with Gasteiger partial charge in [-0.15, -0.1) is 11.8 Å². The average molecular weight is 264 g/mol. The Bertz CT molecular complexity index is 418. The number of thioether (sulfide) groups is 1. The number of likely N-dealkylation sites (tertiary alicyclic amines) is 1. The van der Waals surface area contributed by atoms with Gasteiger partial charge in [-0.2, -0.15) is 0 Å². The molecule has 1 fully saturated rings. The summed E-state index contributed by atoms with van der Waals surface area (Å²) >= 11 is 1.72. The van der Waals surface area contributed by atoms with E-state index < -0.39 is 0 Å². The molecule has 0 bridgehead atoms. The maximum Gasteiger partial charge on any atom is 0.223 e. The first-order valence-corrected chi connectivity index (χ1v) is 7.58. The first-order chi connectivity index (χ1) is 8.67. The Labute approximate surface area is 113 Å². The third-order valence-corrected chi connectivity index (χ3v) is 4.29. The standard InChI is InChI=1S/C14H20N2OS/c1-3-16-13(17)9-8-12(15)14(16)10-4-6-11(18-2)7-5-10/h4-7,12,14H,3,8-9,15H2,1-2H3. The Kier molecular flexibility index (Phi) is 4.30. The molecule has 3 nitrogen and oxygen atoms in total. The van der Waals surface area contributed by atoms with Crippen molar-refractivity contribution in [2.45, 2.75) is 36.7 Å². The smallest absolute Gasteiger partial charge is 0.223 e. The molecular weight excluding hydrogens is 244 g/mol. The van der Waals surface area contributed by atoms with Crippen molar-refractivity contribution in [3.05, 3.63) is 29.8 Å². The Morgan fingerprint density at radius 3 is 2.61 bits per heavy atom. The molecule has 1 heterocycles. The lowest BCUT2D eigenvalue weighted by atomic mass is 9.90. The van der Waals surface area contributed by atoms with Crippen LogP contribution in [0.2, 0.25) is 0 Å². The molecule has 2 unspecified atom stereocenters. The van der Waals surface area contributed by atoms with E-state index >= 15 is 0 Å². The largest absolute Gasteiger partial charge is 0.334 e. The minimum absolute atomic E-state index is 0.0344. The Hall–Kier alpha value is -1.00. The third kappa shape index (κ3) is 2.54. The van der Waals surface area contributed by atoms with Gasteiger partial charge in [-0.1, -0.05) is 12.1 Å². The molecule has 0 spiro atoms. The quantitative estimate of drug-likeness (QED) is 0.853. The lowest BCUT2D eigenvalue weighted by molar-refractivity contribution is -0.137. The van der Waals surface area contributed by atoms with E-state index in [0.29, 0.717) is 6.42 Å². The van der Waals surface area contributed by atoms with Crippen LogP contribution in [0.3, 0.4) is 0 Å². The maximum atomic E-state index is 11.9. The van der Waals surface area contributed by atoms with Crippen molar-refractivity contribution in [3.8, 4) is 0 Å². The molecule has 4 heteroatoms. The number of hydrogen-bond acceptors (Lipinski definition) is 3. The number of benzene rings is 1. The second-order valence-corrected chi connectivity index (χ2v) is 5.48. The molecule has 1 aromatic rings. The molecule has 1 aromatic carbocycles. The van der Waals surface area contributed by atoms with Crippen molar-refractivity contribution in [1.29, 1.82) is 0 Å². The van der Waals surface area contributed by atoms with E-state index in [2.05, 4.69) is 30.5 Å². The van der Waals surface area contributed by atoms with Crippen molar-refractivity contribution in [3.63, 3.8) is 0 Å². The van der Waals surface area contributed by atoms with Crippen LogP contribution in [0.5, 0.6) is 0 Å². The summed E-state index contributed by atoms with van der Waals surface area (Å²) in [6, 6.07) is 8.46. The first kappa shape index (κ1) is 13.4. The van der Waals surface area contributed by atoms with Gasteiger partial charge < -0.3 is 10.6 Å². The van der Waals surface area contributed by atoms with Gasteiger partial charge in [0.15, 0.2) is 0 Å². The molecule has 1 saturated heterocycles. The zero-order valence-electron chi connectivity index (χ0n) is 10.9. The number of hydrogen-bond donors (Lipinski definition) is 1. The molecule has 2 rings (SSSR count). The summed E-state index contributed by atoms with van der Waals surface area (Å²) in [7, 11) is 0. The van der Waals surface area contributed by atoms with Gasteiger partial charge in [0.2, 0.25) is 5.91 Å². The topological polar surface area (TPSA) is 46.3 Å². The molecule has 0 saturated carbocycles. The molecule has 1 aliphatic rings. The van der Waals surface area contributed by atoms with Crippen molar-refractivity contribution >= 4 is 17.7 Å². The number of carbonyl (C=O) groups is 1. The first-order valence-electron chi connectivity index (χ1n) is 6.36. The van der Waals surface area contributed by atoms with E-state index in [-0.39, 0.29) is 18.0 Å². The van der Waals surface area contributed by atoms with Gasteiger partial charge >= 0.3 is 0 Å². The highest BCUT2D eigenvalue weighted by atomic mass is 32.2. The second-order valence-electron chi connectivity index (χ2n) is 4.60. The van der Waals surface area contributed by atoms with Gasteiger partial charge in [-0.25, -0.2) is 0 Å². The fourth-order valence-corrected chi connectivity index (χ4v) is 2.99. The lowest BCUT2D eigenvalue weighted by Crippen LogP contribution is -2.48. The van der Waals surface area contributed by atoms with Gasteiger partial charge in [0.25, 0.3) is 0 Å². The monoisotopic (exact) mass is 264 g/mol. The fourth-order valence-electron chi connectivity index (χ4n) is 2.58. The summed E-state index contributed by atoms with van der Waals surface area (Å²) in [6.07, 6.45) is 3.42. The molecule has 2 atom stereocenters. The van der Waals surface area contributed by atoms with Crippen LogP contribution < -0.4 is 5.73 Å². The number of rotatable bonds is 3. The molecule has 1 amide bonds. The number of nitrogens with two attached hydrogens (primary N) is 1. The van der Waals surface area contributed by atoms with Crippen molar-refractivity contribution < 1.29 is 4.79 Å². The van der Waals surface area contributed by atoms with Crippen molar-refractivity contribution in [1.82, 2.24) is 4.90 Å². The van der Waals surface area contributed by atoms with E-state index in [1.165, 1.54) is 4.90 Å². The van der Waals surface area contributed by atoms with Gasteiger partial charge in [-0.3, -0.25) is 4.79 Å². The van der Waals surface area contributed by atoms with Crippen LogP contribution in [0.1, 0.15) is 31.4 Å². The molecule has 1 aliphatic heterocycles. The molecular formula is C14H20N2OS. The summed E-state index contributed by atoms with van der Waals surface area (Å²) < 4.78 is 0. The van der Waals surface area contributed by atoms with E-state index in [1.807, 2.05) is 11.8 Å². The SMILES string of the molecule is CCN1C(=O)CCC(N)C1c1ccc(SC)cc1. The van der Waals surface area contributed by atoms with Gasteiger partial charge in [0.1, 0.15) is 0 Å². The zero-order valence-corrected chi connectivity index (χ0v) is 11.7. The highest BCUT2D eigenvalue weighted by Gasteiger charge is 2.33.